The van der Waals surface area contributed by atoms with E-state index in [1.165, 1.54) is 25.3 Å². The highest BCUT2D eigenvalue weighted by Gasteiger charge is 2.17. The van der Waals surface area contributed by atoms with Gasteiger partial charge in [-0.3, -0.25) is 14.9 Å². The third-order valence-electron chi connectivity index (χ3n) is 2.72. The highest BCUT2D eigenvalue weighted by Crippen LogP contribution is 2.25. The Morgan fingerprint density at radius 1 is 1.29 bits per heavy atom. The number of hydrogen-bond acceptors (Lipinski definition) is 4. The molecule has 2 rings (SSSR count). The molecule has 0 atom stereocenters. The van der Waals surface area contributed by atoms with Crippen molar-refractivity contribution < 1.29 is 14.5 Å². The maximum Gasteiger partial charge on any atom is 0.273 e. The lowest BCUT2D eigenvalue weighted by atomic mass is 10.1. The van der Waals surface area contributed by atoms with Gasteiger partial charge in [-0.2, -0.15) is 0 Å². The van der Waals surface area contributed by atoms with Gasteiger partial charge < -0.3 is 10.1 Å². The summed E-state index contributed by atoms with van der Waals surface area (Å²) in [5.74, 6) is -0.253. The Labute approximate surface area is 129 Å². The molecular formula is C14H11BrN2O4. The molecular weight excluding hydrogens is 340 g/mol. The number of methoxy groups -OCH3 is 1. The fraction of sp³-hybridized carbons (Fsp3) is 0.0714. The lowest BCUT2D eigenvalue weighted by Gasteiger charge is -2.09. The van der Waals surface area contributed by atoms with E-state index in [1.807, 2.05) is 6.07 Å². The number of nitro benzene ring substituents is 1. The minimum atomic E-state index is -0.543. The molecule has 0 aromatic heterocycles. The molecule has 0 heterocycles. The first-order valence-electron chi connectivity index (χ1n) is 5.90. The number of carbonyl (C=O) groups is 1. The molecule has 6 nitrogen and oxygen atoms in total. The highest BCUT2D eigenvalue weighted by atomic mass is 79.9. The molecule has 0 bridgehead atoms. The van der Waals surface area contributed by atoms with E-state index in [9.17, 15) is 14.9 Å². The van der Waals surface area contributed by atoms with Crippen molar-refractivity contribution in [2.24, 2.45) is 0 Å². The van der Waals surface area contributed by atoms with Crippen LogP contribution in [-0.4, -0.2) is 17.9 Å². The zero-order valence-electron chi connectivity index (χ0n) is 11.0. The van der Waals surface area contributed by atoms with Crippen molar-refractivity contribution in [1.29, 1.82) is 0 Å². The third-order valence-corrected chi connectivity index (χ3v) is 3.22. The number of nitrogens with one attached hydrogen (secondary N) is 1. The van der Waals surface area contributed by atoms with Crippen LogP contribution >= 0.6 is 15.9 Å². The van der Waals surface area contributed by atoms with Crippen LogP contribution < -0.4 is 10.1 Å². The number of ether oxygens (including phenoxy) is 1. The Morgan fingerprint density at radius 2 is 2.05 bits per heavy atom. The number of halogens is 1. The summed E-state index contributed by atoms with van der Waals surface area (Å²) in [5.41, 5.74) is 0.698. The zero-order valence-corrected chi connectivity index (χ0v) is 12.6. The Balaban J connectivity index is 2.28. The second-order valence-corrected chi connectivity index (χ2v) is 5.02. The minimum absolute atomic E-state index is 0.133. The molecule has 0 spiro atoms. The molecule has 0 fully saturated rings. The van der Waals surface area contributed by atoms with Crippen LogP contribution in [0.1, 0.15) is 10.4 Å². The summed E-state index contributed by atoms with van der Waals surface area (Å²) in [7, 11) is 1.36. The van der Waals surface area contributed by atoms with Crippen molar-refractivity contribution in [3.05, 3.63) is 62.6 Å². The van der Waals surface area contributed by atoms with E-state index in [0.717, 1.165) is 4.47 Å². The summed E-state index contributed by atoms with van der Waals surface area (Å²) in [6, 6.07) is 10.9. The fourth-order valence-corrected chi connectivity index (χ4v) is 2.14. The van der Waals surface area contributed by atoms with Crippen molar-refractivity contribution in [3.8, 4) is 5.75 Å². The largest absolute Gasteiger partial charge is 0.496 e. The van der Waals surface area contributed by atoms with Gasteiger partial charge in [0.1, 0.15) is 5.75 Å². The first kappa shape index (κ1) is 15.0. The van der Waals surface area contributed by atoms with Gasteiger partial charge in [-0.05, 0) is 24.3 Å². The van der Waals surface area contributed by atoms with Gasteiger partial charge in [-0.25, -0.2) is 0 Å². The molecule has 0 unspecified atom stereocenters. The molecule has 0 saturated carbocycles. The van der Waals surface area contributed by atoms with Gasteiger partial charge in [0.2, 0.25) is 0 Å². The first-order chi connectivity index (χ1) is 10.0. The van der Waals surface area contributed by atoms with Crippen LogP contribution in [0.2, 0.25) is 0 Å². The van der Waals surface area contributed by atoms with Crippen LogP contribution in [0.5, 0.6) is 5.75 Å². The maximum absolute atomic E-state index is 12.2. The van der Waals surface area contributed by atoms with E-state index < -0.39 is 10.8 Å². The summed E-state index contributed by atoms with van der Waals surface area (Å²) in [4.78, 5) is 22.4. The molecule has 0 radical (unpaired) electrons. The van der Waals surface area contributed by atoms with E-state index in [-0.39, 0.29) is 17.0 Å². The fourth-order valence-electron chi connectivity index (χ4n) is 1.75. The van der Waals surface area contributed by atoms with Crippen LogP contribution in [0.25, 0.3) is 0 Å². The molecule has 2 aromatic carbocycles. The number of hydrogen-bond donors (Lipinski definition) is 1. The molecule has 1 N–H and O–H groups in total. The van der Waals surface area contributed by atoms with Crippen molar-refractivity contribution in [2.45, 2.75) is 0 Å². The number of anilines is 1. The average Bonchev–Trinajstić information content (AvgIpc) is 2.46. The molecule has 108 valence electrons. The smallest absolute Gasteiger partial charge is 0.273 e. The van der Waals surface area contributed by atoms with Crippen molar-refractivity contribution in [3.63, 3.8) is 0 Å². The molecule has 0 aliphatic rings. The van der Waals surface area contributed by atoms with E-state index in [2.05, 4.69) is 21.2 Å². The van der Waals surface area contributed by atoms with Crippen LogP contribution in [0.3, 0.4) is 0 Å². The molecule has 2 aromatic rings. The summed E-state index contributed by atoms with van der Waals surface area (Å²) in [5, 5.41) is 13.4. The minimum Gasteiger partial charge on any atom is -0.496 e. The standard InChI is InChI=1S/C14H11BrN2O4/c1-21-13-8-11(17(19)20)5-6-12(13)14(18)16-10-4-2-3-9(15)7-10/h2-8H,1H3,(H,16,18). The number of benzene rings is 2. The predicted molar refractivity (Wildman–Crippen MR) is 81.7 cm³/mol. The SMILES string of the molecule is COc1cc([N+](=O)[O-])ccc1C(=O)Nc1cccc(Br)c1. The molecule has 0 aliphatic carbocycles. The van der Waals surface area contributed by atoms with Gasteiger partial charge >= 0.3 is 0 Å². The normalized spacial score (nSPS) is 10.0. The van der Waals surface area contributed by atoms with Gasteiger partial charge in [-0.15, -0.1) is 0 Å². The van der Waals surface area contributed by atoms with Gasteiger partial charge in [0.15, 0.2) is 0 Å². The lowest BCUT2D eigenvalue weighted by Crippen LogP contribution is -2.13. The maximum atomic E-state index is 12.2. The second kappa shape index (κ2) is 6.36. The quantitative estimate of drug-likeness (QED) is 0.674. The summed E-state index contributed by atoms with van der Waals surface area (Å²) >= 11 is 3.31. The van der Waals surface area contributed by atoms with E-state index in [0.29, 0.717) is 5.69 Å². The summed E-state index contributed by atoms with van der Waals surface area (Å²) in [6.07, 6.45) is 0. The molecule has 1 amide bonds. The number of nitro groups is 1. The predicted octanol–water partition coefficient (Wildman–Crippen LogP) is 3.62. The second-order valence-electron chi connectivity index (χ2n) is 4.11. The number of nitrogens with zero attached hydrogens (tertiary/aromatic N) is 1. The van der Waals surface area contributed by atoms with Crippen molar-refractivity contribution >= 4 is 33.2 Å². The van der Waals surface area contributed by atoms with Crippen LogP contribution in [-0.2, 0) is 0 Å². The van der Waals surface area contributed by atoms with Gasteiger partial charge in [0, 0.05) is 16.2 Å². The Morgan fingerprint density at radius 3 is 2.67 bits per heavy atom. The van der Waals surface area contributed by atoms with Gasteiger partial charge in [0.25, 0.3) is 11.6 Å². The monoisotopic (exact) mass is 350 g/mol. The number of amides is 1. The number of carbonyl (C=O) groups excluding carboxylic acids is 1. The van der Waals surface area contributed by atoms with E-state index >= 15 is 0 Å². The number of rotatable bonds is 4. The molecule has 0 saturated heterocycles. The lowest BCUT2D eigenvalue weighted by molar-refractivity contribution is -0.384. The molecule has 21 heavy (non-hydrogen) atoms. The highest BCUT2D eigenvalue weighted by molar-refractivity contribution is 9.10. The van der Waals surface area contributed by atoms with E-state index in [4.69, 9.17) is 4.74 Å². The van der Waals surface area contributed by atoms with Crippen molar-refractivity contribution in [1.82, 2.24) is 0 Å². The average molecular weight is 351 g/mol. The number of non-ortho nitro benzene ring substituents is 1. The van der Waals surface area contributed by atoms with Gasteiger partial charge in [-0.1, -0.05) is 22.0 Å². The van der Waals surface area contributed by atoms with Crippen LogP contribution in [0, 0.1) is 10.1 Å². The molecule has 0 aliphatic heterocycles. The Hall–Kier alpha value is -2.41. The van der Waals surface area contributed by atoms with Crippen LogP contribution in [0.4, 0.5) is 11.4 Å². The van der Waals surface area contributed by atoms with Crippen molar-refractivity contribution in [2.75, 3.05) is 12.4 Å². The Kier molecular flexibility index (Phi) is 4.54. The van der Waals surface area contributed by atoms with Gasteiger partial charge in [0.05, 0.1) is 23.7 Å². The zero-order chi connectivity index (χ0) is 15.4. The Bertz CT molecular complexity index is 703. The summed E-state index contributed by atoms with van der Waals surface area (Å²) < 4.78 is 5.87. The topological polar surface area (TPSA) is 81.5 Å². The first-order valence-corrected chi connectivity index (χ1v) is 6.70. The third kappa shape index (κ3) is 3.57. The molecule has 7 heteroatoms. The summed E-state index contributed by atoms with van der Waals surface area (Å²) in [6.45, 7) is 0. The van der Waals surface area contributed by atoms with E-state index in [1.54, 1.807) is 18.2 Å². The van der Waals surface area contributed by atoms with Crippen LogP contribution in [0.15, 0.2) is 46.9 Å².